The average Bonchev–Trinajstić information content (AvgIpc) is 2.65. The van der Waals surface area contributed by atoms with E-state index in [4.69, 9.17) is 0 Å². The van der Waals surface area contributed by atoms with Gasteiger partial charge in [0.15, 0.2) is 0 Å². The summed E-state index contributed by atoms with van der Waals surface area (Å²) in [7, 11) is 3.51. The number of amides is 1. The molecule has 0 aliphatic rings. The number of rotatable bonds is 4. The van der Waals surface area contributed by atoms with Crippen molar-refractivity contribution in [2.45, 2.75) is 19.5 Å². The number of carbonyl (C=O) groups excluding carboxylic acids is 1. The smallest absolute Gasteiger partial charge is 0.238 e. The van der Waals surface area contributed by atoms with Gasteiger partial charge in [0.05, 0.1) is 6.04 Å². The molecule has 14 heavy (non-hydrogen) atoms. The molecule has 0 bridgehead atoms. The van der Waals surface area contributed by atoms with Gasteiger partial charge in [0.2, 0.25) is 5.91 Å². The molecule has 0 saturated carbocycles. The minimum absolute atomic E-state index is 0.0848. The summed E-state index contributed by atoms with van der Waals surface area (Å²) in [5, 5.41) is 6.05. The summed E-state index contributed by atoms with van der Waals surface area (Å²) in [6.07, 6.45) is 1.76. The zero-order valence-electron chi connectivity index (χ0n) is 8.65. The topological polar surface area (TPSA) is 45.2 Å². The highest BCUT2D eigenvalue weighted by Gasteiger charge is 2.13. The molecule has 1 amide bonds. The third kappa shape index (κ3) is 3.08. The molecule has 0 aliphatic heterocycles. The van der Waals surface area contributed by atoms with Crippen molar-refractivity contribution in [1.29, 1.82) is 0 Å². The van der Waals surface area contributed by atoms with Crippen molar-refractivity contribution in [3.63, 3.8) is 0 Å². The maximum absolute atomic E-state index is 11.4. The van der Waals surface area contributed by atoms with Crippen molar-refractivity contribution in [3.8, 4) is 0 Å². The van der Waals surface area contributed by atoms with Gasteiger partial charge in [-0.05, 0) is 6.92 Å². The first-order valence-corrected chi connectivity index (χ1v) is 5.32. The fourth-order valence-electron chi connectivity index (χ4n) is 1.06. The van der Waals surface area contributed by atoms with Crippen LogP contribution >= 0.6 is 11.3 Å². The Balaban J connectivity index is 2.35. The Labute approximate surface area is 88.0 Å². The van der Waals surface area contributed by atoms with Gasteiger partial charge in [0.25, 0.3) is 0 Å². The number of hydrogen-bond acceptors (Lipinski definition) is 4. The summed E-state index contributed by atoms with van der Waals surface area (Å²) in [6.45, 7) is 2.51. The van der Waals surface area contributed by atoms with Crippen LogP contribution in [0.1, 0.15) is 11.9 Å². The van der Waals surface area contributed by atoms with E-state index in [-0.39, 0.29) is 11.9 Å². The molecule has 0 saturated heterocycles. The molecule has 1 atom stereocenters. The van der Waals surface area contributed by atoms with Crippen LogP contribution in [-0.4, -0.2) is 35.9 Å². The molecule has 0 spiro atoms. The predicted molar refractivity (Wildman–Crippen MR) is 57.1 cm³/mol. The Morgan fingerprint density at radius 1 is 1.71 bits per heavy atom. The van der Waals surface area contributed by atoms with E-state index in [1.807, 2.05) is 12.3 Å². The van der Waals surface area contributed by atoms with Crippen LogP contribution in [0.5, 0.6) is 0 Å². The van der Waals surface area contributed by atoms with Gasteiger partial charge in [-0.15, -0.1) is 11.3 Å². The molecular weight excluding hydrogens is 198 g/mol. The molecule has 0 radical (unpaired) electrons. The van der Waals surface area contributed by atoms with Crippen LogP contribution in [0.3, 0.4) is 0 Å². The van der Waals surface area contributed by atoms with E-state index in [0.29, 0.717) is 6.54 Å². The maximum Gasteiger partial charge on any atom is 0.238 e. The van der Waals surface area contributed by atoms with Crippen LogP contribution in [0.4, 0.5) is 0 Å². The highest BCUT2D eigenvalue weighted by Crippen LogP contribution is 2.03. The lowest BCUT2D eigenvalue weighted by molar-refractivity contribution is -0.130. The van der Waals surface area contributed by atoms with Crippen LogP contribution in [-0.2, 0) is 11.3 Å². The van der Waals surface area contributed by atoms with Gasteiger partial charge in [0.1, 0.15) is 5.01 Å². The van der Waals surface area contributed by atoms with Crippen molar-refractivity contribution in [2.24, 2.45) is 0 Å². The zero-order chi connectivity index (χ0) is 10.6. The van der Waals surface area contributed by atoms with E-state index < -0.39 is 0 Å². The number of nitrogens with one attached hydrogen (secondary N) is 1. The monoisotopic (exact) mass is 213 g/mol. The molecule has 1 N–H and O–H groups in total. The van der Waals surface area contributed by atoms with Crippen molar-refractivity contribution in [3.05, 3.63) is 16.6 Å². The van der Waals surface area contributed by atoms with Gasteiger partial charge in [-0.25, -0.2) is 4.98 Å². The molecule has 0 fully saturated rings. The minimum atomic E-state index is -0.158. The van der Waals surface area contributed by atoms with E-state index in [1.54, 1.807) is 36.5 Å². The summed E-state index contributed by atoms with van der Waals surface area (Å²) in [6, 6.07) is -0.158. The average molecular weight is 213 g/mol. The van der Waals surface area contributed by atoms with Gasteiger partial charge >= 0.3 is 0 Å². The van der Waals surface area contributed by atoms with Gasteiger partial charge in [-0.1, -0.05) is 0 Å². The van der Waals surface area contributed by atoms with E-state index in [1.165, 1.54) is 0 Å². The lowest BCUT2D eigenvalue weighted by Crippen LogP contribution is -2.41. The first-order valence-electron chi connectivity index (χ1n) is 4.44. The molecule has 4 nitrogen and oxygen atoms in total. The van der Waals surface area contributed by atoms with Crippen LogP contribution in [0.25, 0.3) is 0 Å². The summed E-state index contributed by atoms with van der Waals surface area (Å²) in [4.78, 5) is 17.2. The Morgan fingerprint density at radius 3 is 2.93 bits per heavy atom. The quantitative estimate of drug-likeness (QED) is 0.801. The summed E-state index contributed by atoms with van der Waals surface area (Å²) in [5.74, 6) is 0.0848. The molecule has 0 aromatic carbocycles. The van der Waals surface area contributed by atoms with Crippen molar-refractivity contribution >= 4 is 17.2 Å². The number of nitrogens with zero attached hydrogens (tertiary/aromatic N) is 2. The standard InChI is InChI=1S/C9H15N3OS/c1-7(9(13)12(2)3)11-6-8-10-4-5-14-8/h4-5,7,11H,6H2,1-3H3. The number of aromatic nitrogens is 1. The van der Waals surface area contributed by atoms with Gasteiger partial charge in [-0.3, -0.25) is 10.1 Å². The van der Waals surface area contributed by atoms with Crippen LogP contribution < -0.4 is 5.32 Å². The normalized spacial score (nSPS) is 12.5. The minimum Gasteiger partial charge on any atom is -0.347 e. The molecule has 1 rings (SSSR count). The largest absolute Gasteiger partial charge is 0.347 e. The van der Waals surface area contributed by atoms with Gasteiger partial charge in [-0.2, -0.15) is 0 Å². The number of hydrogen-bond donors (Lipinski definition) is 1. The predicted octanol–water partition coefficient (Wildman–Crippen LogP) is 0.709. The Morgan fingerprint density at radius 2 is 2.43 bits per heavy atom. The number of thiazole rings is 1. The Hall–Kier alpha value is -0.940. The highest BCUT2D eigenvalue weighted by atomic mass is 32.1. The van der Waals surface area contributed by atoms with Crippen LogP contribution in [0.2, 0.25) is 0 Å². The fourth-order valence-corrected chi connectivity index (χ4v) is 1.62. The molecule has 1 heterocycles. The molecular formula is C9H15N3OS. The lowest BCUT2D eigenvalue weighted by Gasteiger charge is -2.17. The first-order chi connectivity index (χ1) is 6.61. The van der Waals surface area contributed by atoms with E-state index >= 15 is 0 Å². The summed E-state index contributed by atoms with van der Waals surface area (Å²) >= 11 is 1.59. The maximum atomic E-state index is 11.4. The van der Waals surface area contributed by atoms with E-state index in [2.05, 4.69) is 10.3 Å². The van der Waals surface area contributed by atoms with Crippen LogP contribution in [0, 0.1) is 0 Å². The highest BCUT2D eigenvalue weighted by molar-refractivity contribution is 7.09. The second-order valence-corrected chi connectivity index (χ2v) is 4.24. The second-order valence-electron chi connectivity index (χ2n) is 3.26. The molecule has 78 valence electrons. The van der Waals surface area contributed by atoms with Crippen molar-refractivity contribution in [1.82, 2.24) is 15.2 Å². The van der Waals surface area contributed by atoms with Crippen LogP contribution in [0.15, 0.2) is 11.6 Å². The molecule has 1 unspecified atom stereocenters. The van der Waals surface area contributed by atoms with Gasteiger partial charge < -0.3 is 4.90 Å². The Bertz CT molecular complexity index is 284. The Kier molecular flexibility index (Phi) is 4.03. The second kappa shape index (κ2) is 5.07. The van der Waals surface area contributed by atoms with Crippen molar-refractivity contribution in [2.75, 3.05) is 14.1 Å². The molecule has 1 aromatic rings. The van der Waals surface area contributed by atoms with Gasteiger partial charge in [0, 0.05) is 32.2 Å². The lowest BCUT2D eigenvalue weighted by atomic mass is 10.3. The van der Waals surface area contributed by atoms with Crippen molar-refractivity contribution < 1.29 is 4.79 Å². The fraction of sp³-hybridized carbons (Fsp3) is 0.556. The number of carbonyl (C=O) groups is 1. The summed E-state index contributed by atoms with van der Waals surface area (Å²) in [5.41, 5.74) is 0. The summed E-state index contributed by atoms with van der Waals surface area (Å²) < 4.78 is 0. The third-order valence-electron chi connectivity index (χ3n) is 1.85. The SMILES string of the molecule is CC(NCc1nccs1)C(=O)N(C)C. The zero-order valence-corrected chi connectivity index (χ0v) is 9.47. The molecule has 0 aliphatic carbocycles. The third-order valence-corrected chi connectivity index (χ3v) is 2.63. The van der Waals surface area contributed by atoms with E-state index in [9.17, 15) is 4.79 Å². The van der Waals surface area contributed by atoms with E-state index in [0.717, 1.165) is 5.01 Å². The molecule has 1 aromatic heterocycles. The first kappa shape index (κ1) is 11.1. The number of likely N-dealkylation sites (N-methyl/N-ethyl adjacent to an activating group) is 1. The molecule has 5 heteroatoms.